The van der Waals surface area contributed by atoms with Crippen molar-refractivity contribution in [1.29, 1.82) is 0 Å². The second kappa shape index (κ2) is 9.34. The molecule has 0 aliphatic carbocycles. The summed E-state index contributed by atoms with van der Waals surface area (Å²) in [5.41, 5.74) is -0.952. The Kier molecular flexibility index (Phi) is 6.67. The number of nitrogens with zero attached hydrogens (tertiary/aromatic N) is 1. The van der Waals surface area contributed by atoms with Crippen LogP contribution in [0.15, 0.2) is 51.7 Å². The summed E-state index contributed by atoms with van der Waals surface area (Å²) in [6.07, 6.45) is -5.76. The fourth-order valence-corrected chi connectivity index (χ4v) is 4.01. The molecule has 33 heavy (non-hydrogen) atoms. The third-order valence-corrected chi connectivity index (χ3v) is 5.79. The molecule has 176 valence electrons. The van der Waals surface area contributed by atoms with E-state index in [1.807, 2.05) is 4.90 Å². The lowest BCUT2D eigenvalue weighted by atomic mass is 10.1. The van der Waals surface area contributed by atoms with E-state index in [-0.39, 0.29) is 45.1 Å². The minimum absolute atomic E-state index is 0.0371. The van der Waals surface area contributed by atoms with Gasteiger partial charge in [-0.2, -0.15) is 13.2 Å². The third kappa shape index (κ3) is 5.16. The van der Waals surface area contributed by atoms with Crippen molar-refractivity contribution in [2.24, 2.45) is 0 Å². The Balaban J connectivity index is 1.61. The molecule has 0 radical (unpaired) electrons. The number of halogens is 4. The molecule has 1 saturated heterocycles. The molecule has 2 atom stereocenters. The maximum atomic E-state index is 13.3. The van der Waals surface area contributed by atoms with E-state index < -0.39 is 23.9 Å². The SMILES string of the molecule is O=c1cc(-c2ccc(C(F)(F)F)cc2OCCCN2C[C@@H](O)[C@@H](O)C2)oc2c(Cl)cccc12. The Bertz CT molecular complexity index is 1200. The number of likely N-dealkylation sites (tertiary alicyclic amines) is 1. The van der Waals surface area contributed by atoms with Gasteiger partial charge in [0.25, 0.3) is 0 Å². The molecule has 0 amide bonds. The summed E-state index contributed by atoms with van der Waals surface area (Å²) in [6, 6.07) is 8.86. The number of alkyl halides is 3. The highest BCUT2D eigenvalue weighted by Crippen LogP contribution is 2.38. The van der Waals surface area contributed by atoms with Gasteiger partial charge >= 0.3 is 6.18 Å². The Morgan fingerprint density at radius 3 is 2.55 bits per heavy atom. The van der Waals surface area contributed by atoms with Crippen LogP contribution in [-0.2, 0) is 6.18 Å². The van der Waals surface area contributed by atoms with Gasteiger partial charge in [0, 0.05) is 25.7 Å². The van der Waals surface area contributed by atoms with Gasteiger partial charge in [0.2, 0.25) is 0 Å². The Morgan fingerprint density at radius 1 is 1.12 bits per heavy atom. The fourth-order valence-electron chi connectivity index (χ4n) is 3.80. The second-order valence-corrected chi connectivity index (χ2v) is 8.30. The Labute approximate surface area is 191 Å². The lowest BCUT2D eigenvalue weighted by Gasteiger charge is -2.17. The van der Waals surface area contributed by atoms with E-state index in [4.69, 9.17) is 20.8 Å². The van der Waals surface area contributed by atoms with E-state index in [9.17, 15) is 28.2 Å². The summed E-state index contributed by atoms with van der Waals surface area (Å²) in [5, 5.41) is 19.7. The maximum absolute atomic E-state index is 13.3. The molecule has 0 saturated carbocycles. The van der Waals surface area contributed by atoms with Crippen molar-refractivity contribution in [2.75, 3.05) is 26.2 Å². The molecule has 4 rings (SSSR count). The topological polar surface area (TPSA) is 83.1 Å². The van der Waals surface area contributed by atoms with Crippen molar-refractivity contribution in [1.82, 2.24) is 4.90 Å². The zero-order chi connectivity index (χ0) is 23.8. The third-order valence-electron chi connectivity index (χ3n) is 5.49. The zero-order valence-corrected chi connectivity index (χ0v) is 18.1. The molecule has 1 fully saturated rings. The summed E-state index contributed by atoms with van der Waals surface area (Å²) in [4.78, 5) is 14.4. The first-order valence-electron chi connectivity index (χ1n) is 10.3. The number of hydrogen-bond acceptors (Lipinski definition) is 6. The minimum Gasteiger partial charge on any atom is -0.493 e. The number of benzene rings is 2. The van der Waals surface area contributed by atoms with Gasteiger partial charge in [0.15, 0.2) is 11.0 Å². The summed E-state index contributed by atoms with van der Waals surface area (Å²) in [6.45, 7) is 1.20. The summed E-state index contributed by atoms with van der Waals surface area (Å²) in [5.74, 6) is -0.0454. The molecule has 0 spiro atoms. The summed E-state index contributed by atoms with van der Waals surface area (Å²) in [7, 11) is 0. The molecule has 3 aromatic rings. The van der Waals surface area contributed by atoms with Crippen LogP contribution in [0.4, 0.5) is 13.2 Å². The number of hydrogen-bond donors (Lipinski definition) is 2. The van der Waals surface area contributed by atoms with Crippen molar-refractivity contribution >= 4 is 22.6 Å². The van der Waals surface area contributed by atoms with E-state index in [1.54, 1.807) is 18.2 Å². The molecule has 6 nitrogen and oxygen atoms in total. The molecule has 10 heteroatoms. The lowest BCUT2D eigenvalue weighted by molar-refractivity contribution is -0.137. The highest BCUT2D eigenvalue weighted by Gasteiger charge is 2.32. The van der Waals surface area contributed by atoms with Crippen molar-refractivity contribution < 1.29 is 32.5 Å². The predicted octanol–water partition coefficient (Wildman–Crippen LogP) is 3.94. The van der Waals surface area contributed by atoms with Crippen molar-refractivity contribution in [3.63, 3.8) is 0 Å². The smallest absolute Gasteiger partial charge is 0.416 e. The number of ether oxygens (including phenoxy) is 1. The lowest BCUT2D eigenvalue weighted by Crippen LogP contribution is -2.24. The molecule has 1 aliphatic rings. The molecular weight excluding hydrogens is 463 g/mol. The van der Waals surface area contributed by atoms with E-state index in [0.29, 0.717) is 26.1 Å². The normalized spacial score (nSPS) is 19.3. The van der Waals surface area contributed by atoms with Gasteiger partial charge in [-0.25, -0.2) is 0 Å². The number of aliphatic hydroxyl groups is 2. The van der Waals surface area contributed by atoms with Gasteiger partial charge in [0.1, 0.15) is 11.5 Å². The van der Waals surface area contributed by atoms with Gasteiger partial charge in [-0.05, 0) is 36.8 Å². The van der Waals surface area contributed by atoms with E-state index in [0.717, 1.165) is 12.1 Å². The molecule has 2 N–H and O–H groups in total. The minimum atomic E-state index is -4.58. The largest absolute Gasteiger partial charge is 0.493 e. The van der Waals surface area contributed by atoms with Crippen LogP contribution in [0.5, 0.6) is 5.75 Å². The molecule has 0 unspecified atom stereocenters. The van der Waals surface area contributed by atoms with Crippen LogP contribution < -0.4 is 10.2 Å². The van der Waals surface area contributed by atoms with Gasteiger partial charge in [-0.15, -0.1) is 0 Å². The van der Waals surface area contributed by atoms with Gasteiger partial charge < -0.3 is 19.4 Å². The number of rotatable bonds is 6. The first-order valence-corrected chi connectivity index (χ1v) is 10.7. The fraction of sp³-hybridized carbons (Fsp3) is 0.348. The van der Waals surface area contributed by atoms with Crippen molar-refractivity contribution in [3.05, 3.63) is 63.3 Å². The van der Waals surface area contributed by atoms with Gasteiger partial charge in [-0.3, -0.25) is 9.69 Å². The Hall–Kier alpha value is -2.59. The van der Waals surface area contributed by atoms with Crippen LogP contribution in [0.1, 0.15) is 12.0 Å². The van der Waals surface area contributed by atoms with Crippen molar-refractivity contribution in [3.8, 4) is 17.1 Å². The molecular formula is C23H21ClF3NO5. The standard InChI is InChI=1S/C23H21ClF3NO5/c24-16-4-1-3-14-17(29)10-21(33-22(14)16)15-6-5-13(23(25,26)27)9-20(15)32-8-2-7-28-11-18(30)19(31)12-28/h1,3-6,9-10,18-19,30-31H,2,7-8,11-12H2/t18-,19+. The average Bonchev–Trinajstić information content (AvgIpc) is 3.08. The molecule has 1 aromatic heterocycles. The number of β-amino-alcohol motifs (C(OH)–C–C–N with tert-alkyl or cyclic N) is 2. The van der Waals surface area contributed by atoms with Gasteiger partial charge in [-0.1, -0.05) is 17.7 Å². The highest BCUT2D eigenvalue weighted by atomic mass is 35.5. The molecule has 2 heterocycles. The number of para-hydroxylation sites is 1. The maximum Gasteiger partial charge on any atom is 0.416 e. The monoisotopic (exact) mass is 483 g/mol. The predicted molar refractivity (Wildman–Crippen MR) is 116 cm³/mol. The number of aliphatic hydroxyl groups excluding tert-OH is 2. The average molecular weight is 484 g/mol. The number of fused-ring (bicyclic) bond motifs is 1. The van der Waals surface area contributed by atoms with Crippen LogP contribution >= 0.6 is 11.6 Å². The second-order valence-electron chi connectivity index (χ2n) is 7.90. The first-order chi connectivity index (χ1) is 15.6. The molecule has 1 aliphatic heterocycles. The molecule has 2 aromatic carbocycles. The van der Waals surface area contributed by atoms with E-state index >= 15 is 0 Å². The first kappa shape index (κ1) is 23.6. The molecule has 0 bridgehead atoms. The van der Waals surface area contributed by atoms with Crippen molar-refractivity contribution in [2.45, 2.75) is 24.8 Å². The Morgan fingerprint density at radius 2 is 1.85 bits per heavy atom. The van der Waals surface area contributed by atoms with Crippen LogP contribution in [-0.4, -0.2) is 53.6 Å². The van der Waals surface area contributed by atoms with Crippen LogP contribution in [0, 0.1) is 0 Å². The van der Waals surface area contributed by atoms with Gasteiger partial charge in [0.05, 0.1) is 40.4 Å². The highest BCUT2D eigenvalue weighted by molar-refractivity contribution is 6.34. The van der Waals surface area contributed by atoms with Crippen LogP contribution in [0.25, 0.3) is 22.3 Å². The quantitative estimate of drug-likeness (QED) is 0.517. The summed E-state index contributed by atoms with van der Waals surface area (Å²) >= 11 is 6.15. The van der Waals surface area contributed by atoms with Crippen LogP contribution in [0.3, 0.4) is 0 Å². The van der Waals surface area contributed by atoms with E-state index in [1.165, 1.54) is 12.1 Å². The van der Waals surface area contributed by atoms with Crippen LogP contribution in [0.2, 0.25) is 5.02 Å². The zero-order valence-electron chi connectivity index (χ0n) is 17.3. The summed E-state index contributed by atoms with van der Waals surface area (Å²) < 4.78 is 51.3. The van der Waals surface area contributed by atoms with E-state index in [2.05, 4.69) is 0 Å².